The van der Waals surface area contributed by atoms with Crippen LogP contribution in [-0.4, -0.2) is 26.4 Å². The third-order valence-electron chi connectivity index (χ3n) is 4.12. The molecule has 0 aliphatic carbocycles. The molecule has 0 radical (unpaired) electrons. The summed E-state index contributed by atoms with van der Waals surface area (Å²) in [7, 11) is 0. The van der Waals surface area contributed by atoms with Gasteiger partial charge < -0.3 is 4.98 Å². The fourth-order valence-corrected chi connectivity index (χ4v) is 3.00. The third kappa shape index (κ3) is 2.61. The van der Waals surface area contributed by atoms with E-state index >= 15 is 0 Å². The predicted octanol–water partition coefficient (Wildman–Crippen LogP) is 3.01. The first-order valence-electron chi connectivity index (χ1n) is 7.47. The van der Waals surface area contributed by atoms with Gasteiger partial charge in [-0.05, 0) is 38.4 Å². The minimum atomic E-state index is 0.442. The molecule has 0 amide bonds. The van der Waals surface area contributed by atoms with E-state index in [-0.39, 0.29) is 0 Å². The highest BCUT2D eigenvalue weighted by Crippen LogP contribution is 2.31. The minimum Gasteiger partial charge on any atom is -0.346 e. The molecule has 3 heterocycles. The van der Waals surface area contributed by atoms with Gasteiger partial charge in [0.15, 0.2) is 0 Å². The number of pyridine rings is 1. The predicted molar refractivity (Wildman–Crippen MR) is 79.3 cm³/mol. The fraction of sp³-hybridized carbons (Fsp3) is 0.500. The molecule has 1 N–H and O–H groups in total. The molecule has 3 rings (SSSR count). The number of nitrogens with zero attached hydrogens (tertiary/aromatic N) is 3. The number of aromatic nitrogens is 3. The fourth-order valence-electron chi connectivity index (χ4n) is 3.00. The Hall–Kier alpha value is -1.68. The van der Waals surface area contributed by atoms with Crippen LogP contribution in [0.15, 0.2) is 24.4 Å². The first kappa shape index (κ1) is 13.3. The van der Waals surface area contributed by atoms with Gasteiger partial charge in [0.1, 0.15) is 5.82 Å². The van der Waals surface area contributed by atoms with E-state index in [0.29, 0.717) is 6.04 Å². The topological polar surface area (TPSA) is 44.8 Å². The Balaban J connectivity index is 1.77. The first-order valence-corrected chi connectivity index (χ1v) is 7.47. The van der Waals surface area contributed by atoms with Gasteiger partial charge in [0.2, 0.25) is 0 Å². The zero-order valence-electron chi connectivity index (χ0n) is 12.3. The summed E-state index contributed by atoms with van der Waals surface area (Å²) in [4.78, 5) is 15.1. The highest BCUT2D eigenvalue weighted by Gasteiger charge is 2.27. The SMILES string of the molecule is CCc1nc(CN2CCC[C@H]2c2ccccn2)c(C)[nH]1. The van der Waals surface area contributed by atoms with E-state index in [1.165, 1.54) is 29.9 Å². The molecule has 1 aliphatic rings. The molecule has 1 fully saturated rings. The molecular formula is C16H22N4. The van der Waals surface area contributed by atoms with E-state index in [1.807, 2.05) is 12.3 Å². The Labute approximate surface area is 120 Å². The van der Waals surface area contributed by atoms with Crippen LogP contribution in [0.5, 0.6) is 0 Å². The molecule has 4 heteroatoms. The number of hydrogen-bond acceptors (Lipinski definition) is 3. The van der Waals surface area contributed by atoms with Crippen LogP contribution in [0.4, 0.5) is 0 Å². The van der Waals surface area contributed by atoms with Crippen LogP contribution >= 0.6 is 0 Å². The van der Waals surface area contributed by atoms with E-state index in [0.717, 1.165) is 25.3 Å². The van der Waals surface area contributed by atoms with Crippen LogP contribution in [0, 0.1) is 6.92 Å². The number of hydrogen-bond donors (Lipinski definition) is 1. The lowest BCUT2D eigenvalue weighted by molar-refractivity contribution is 0.241. The monoisotopic (exact) mass is 270 g/mol. The summed E-state index contributed by atoms with van der Waals surface area (Å²) >= 11 is 0. The van der Waals surface area contributed by atoms with Crippen LogP contribution in [-0.2, 0) is 13.0 Å². The second-order valence-electron chi connectivity index (χ2n) is 5.49. The maximum absolute atomic E-state index is 4.70. The van der Waals surface area contributed by atoms with Crippen molar-refractivity contribution in [1.29, 1.82) is 0 Å². The Kier molecular flexibility index (Phi) is 3.83. The van der Waals surface area contributed by atoms with Gasteiger partial charge in [-0.25, -0.2) is 4.98 Å². The van der Waals surface area contributed by atoms with Crippen molar-refractivity contribution in [2.24, 2.45) is 0 Å². The Morgan fingerprint density at radius 3 is 3.00 bits per heavy atom. The average Bonchev–Trinajstić information content (AvgIpc) is 3.08. The highest BCUT2D eigenvalue weighted by molar-refractivity contribution is 5.15. The summed E-state index contributed by atoms with van der Waals surface area (Å²) < 4.78 is 0. The Morgan fingerprint density at radius 1 is 1.40 bits per heavy atom. The lowest BCUT2D eigenvalue weighted by Crippen LogP contribution is -2.24. The Morgan fingerprint density at radius 2 is 2.30 bits per heavy atom. The lowest BCUT2D eigenvalue weighted by atomic mass is 10.1. The van der Waals surface area contributed by atoms with Crippen molar-refractivity contribution < 1.29 is 0 Å². The molecular weight excluding hydrogens is 248 g/mol. The molecule has 1 atom stereocenters. The summed E-state index contributed by atoms with van der Waals surface area (Å²) in [6.07, 6.45) is 5.29. The number of likely N-dealkylation sites (tertiary alicyclic amines) is 1. The number of imidazole rings is 1. The van der Waals surface area contributed by atoms with Gasteiger partial charge in [0, 0.05) is 24.9 Å². The van der Waals surface area contributed by atoms with Crippen molar-refractivity contribution in [3.05, 3.63) is 47.3 Å². The lowest BCUT2D eigenvalue weighted by Gasteiger charge is -2.23. The standard InChI is InChI=1S/C16H22N4/c1-3-16-18-12(2)14(19-16)11-20-10-6-8-15(20)13-7-4-5-9-17-13/h4-5,7,9,15H,3,6,8,10-11H2,1-2H3,(H,18,19)/t15-/m0/s1. The second kappa shape index (κ2) is 5.75. The summed E-state index contributed by atoms with van der Waals surface area (Å²) in [6.45, 7) is 6.31. The Bertz CT molecular complexity index is 561. The van der Waals surface area contributed by atoms with Gasteiger partial charge in [0.05, 0.1) is 17.4 Å². The van der Waals surface area contributed by atoms with Gasteiger partial charge in [-0.15, -0.1) is 0 Å². The quantitative estimate of drug-likeness (QED) is 0.929. The summed E-state index contributed by atoms with van der Waals surface area (Å²) in [5, 5.41) is 0. The second-order valence-corrected chi connectivity index (χ2v) is 5.49. The van der Waals surface area contributed by atoms with Crippen molar-refractivity contribution >= 4 is 0 Å². The minimum absolute atomic E-state index is 0.442. The van der Waals surface area contributed by atoms with Crippen molar-refractivity contribution in [3.8, 4) is 0 Å². The molecule has 0 spiro atoms. The average molecular weight is 270 g/mol. The maximum atomic E-state index is 4.70. The maximum Gasteiger partial charge on any atom is 0.106 e. The molecule has 2 aromatic rings. The molecule has 1 saturated heterocycles. The van der Waals surface area contributed by atoms with Crippen LogP contribution in [0.2, 0.25) is 0 Å². The molecule has 20 heavy (non-hydrogen) atoms. The molecule has 4 nitrogen and oxygen atoms in total. The van der Waals surface area contributed by atoms with E-state index < -0.39 is 0 Å². The first-order chi connectivity index (χ1) is 9.78. The van der Waals surface area contributed by atoms with Crippen LogP contribution < -0.4 is 0 Å². The molecule has 0 saturated carbocycles. The molecule has 106 valence electrons. The zero-order valence-corrected chi connectivity index (χ0v) is 12.3. The van der Waals surface area contributed by atoms with Crippen molar-refractivity contribution in [1.82, 2.24) is 19.9 Å². The molecule has 0 bridgehead atoms. The smallest absolute Gasteiger partial charge is 0.106 e. The van der Waals surface area contributed by atoms with Gasteiger partial charge in [-0.3, -0.25) is 9.88 Å². The van der Waals surface area contributed by atoms with Gasteiger partial charge in [-0.1, -0.05) is 13.0 Å². The number of H-pyrrole nitrogens is 1. The highest BCUT2D eigenvalue weighted by atomic mass is 15.2. The number of aryl methyl sites for hydroxylation is 2. The zero-order chi connectivity index (χ0) is 13.9. The van der Waals surface area contributed by atoms with Crippen molar-refractivity contribution in [3.63, 3.8) is 0 Å². The van der Waals surface area contributed by atoms with E-state index in [1.54, 1.807) is 0 Å². The van der Waals surface area contributed by atoms with E-state index in [2.05, 4.69) is 40.8 Å². The van der Waals surface area contributed by atoms with E-state index in [9.17, 15) is 0 Å². The third-order valence-corrected chi connectivity index (χ3v) is 4.12. The van der Waals surface area contributed by atoms with Gasteiger partial charge in [0.25, 0.3) is 0 Å². The molecule has 0 aromatic carbocycles. The van der Waals surface area contributed by atoms with Crippen molar-refractivity contribution in [2.45, 2.75) is 45.7 Å². The molecule has 2 aromatic heterocycles. The molecule has 0 unspecified atom stereocenters. The number of nitrogens with one attached hydrogen (secondary N) is 1. The molecule has 1 aliphatic heterocycles. The van der Waals surface area contributed by atoms with Crippen LogP contribution in [0.1, 0.15) is 48.7 Å². The normalized spacial score (nSPS) is 19.6. The van der Waals surface area contributed by atoms with Crippen LogP contribution in [0.3, 0.4) is 0 Å². The van der Waals surface area contributed by atoms with Crippen LogP contribution in [0.25, 0.3) is 0 Å². The number of aromatic amines is 1. The van der Waals surface area contributed by atoms with Crippen molar-refractivity contribution in [2.75, 3.05) is 6.54 Å². The number of rotatable bonds is 4. The van der Waals surface area contributed by atoms with Gasteiger partial charge in [-0.2, -0.15) is 0 Å². The summed E-state index contributed by atoms with van der Waals surface area (Å²) in [5.74, 6) is 1.09. The largest absolute Gasteiger partial charge is 0.346 e. The summed E-state index contributed by atoms with van der Waals surface area (Å²) in [5.41, 5.74) is 3.58. The van der Waals surface area contributed by atoms with E-state index in [4.69, 9.17) is 4.98 Å². The van der Waals surface area contributed by atoms with Gasteiger partial charge >= 0.3 is 0 Å². The summed E-state index contributed by atoms with van der Waals surface area (Å²) in [6, 6.07) is 6.64.